The Morgan fingerprint density at radius 2 is 1.05 bits per heavy atom. The third-order valence-electron chi connectivity index (χ3n) is 3.80. The molecule has 0 aliphatic carbocycles. The zero-order chi connectivity index (χ0) is 17.0. The molecule has 0 aromatic heterocycles. The second-order valence-corrected chi connectivity index (χ2v) is 18.4. The summed E-state index contributed by atoms with van der Waals surface area (Å²) in [5.74, 6) is 0. The number of benzene rings is 2. The van der Waals surface area contributed by atoms with Crippen molar-refractivity contribution in [2.75, 3.05) is 0 Å². The second kappa shape index (κ2) is 7.43. The van der Waals surface area contributed by atoms with E-state index in [1.807, 2.05) is 0 Å². The van der Waals surface area contributed by atoms with Gasteiger partial charge in [-0.3, -0.25) is 0 Å². The van der Waals surface area contributed by atoms with E-state index in [4.69, 9.17) is 0 Å². The molecule has 0 aliphatic heterocycles. The van der Waals surface area contributed by atoms with Gasteiger partial charge in [-0.25, -0.2) is 0 Å². The summed E-state index contributed by atoms with van der Waals surface area (Å²) in [6.45, 7) is 18.5. The van der Waals surface area contributed by atoms with Crippen LogP contribution < -0.4 is 10.4 Å². The summed E-state index contributed by atoms with van der Waals surface area (Å²) < 4.78 is 0. The molecule has 0 atom stereocenters. The van der Waals surface area contributed by atoms with E-state index in [0.29, 0.717) is 0 Å². The van der Waals surface area contributed by atoms with Gasteiger partial charge < -0.3 is 0 Å². The highest BCUT2D eigenvalue weighted by Gasteiger charge is 2.15. The minimum absolute atomic E-state index is 1.06. The molecule has 2 aromatic rings. The maximum Gasteiger partial charge on any atom is 0.0776 e. The molecule has 0 aliphatic rings. The maximum absolute atomic E-state index is 2.38. The molecule has 22 heavy (non-hydrogen) atoms. The quantitative estimate of drug-likeness (QED) is 0.674. The normalized spacial score (nSPS) is 11.6. The van der Waals surface area contributed by atoms with Gasteiger partial charge >= 0.3 is 0 Å². The van der Waals surface area contributed by atoms with Crippen molar-refractivity contribution < 1.29 is 0 Å². The van der Waals surface area contributed by atoms with E-state index < -0.39 is 16.1 Å². The van der Waals surface area contributed by atoms with E-state index in [1.165, 1.54) is 11.1 Å². The summed E-state index contributed by atoms with van der Waals surface area (Å²) in [6.07, 6.45) is 0. The fourth-order valence-corrected chi connectivity index (χ4v) is 4.59. The first kappa shape index (κ1) is 18.9. The minimum atomic E-state index is -1.06. The van der Waals surface area contributed by atoms with Crippen molar-refractivity contribution in [1.29, 1.82) is 0 Å². The highest BCUT2D eigenvalue weighted by molar-refractivity contribution is 6.89. The molecule has 0 radical (unpaired) electrons. The third-order valence-corrected chi connectivity index (χ3v) is 7.91. The van der Waals surface area contributed by atoms with Crippen molar-refractivity contribution in [3.63, 3.8) is 0 Å². The van der Waals surface area contributed by atoms with Crippen molar-refractivity contribution >= 4 is 26.5 Å². The zero-order valence-electron chi connectivity index (χ0n) is 15.6. The van der Waals surface area contributed by atoms with Gasteiger partial charge in [-0.1, -0.05) is 109 Å². The molecule has 0 heterocycles. The standard InChI is InChI=1S/2C10H16Si/c1-9-5-7-10(8-6-9)11(2,3)4;1-9-6-5-7-10(8-9)11(2,3)4/h2*5-8H,1-4H3. The van der Waals surface area contributed by atoms with Crippen LogP contribution in [0.25, 0.3) is 0 Å². The smallest absolute Gasteiger partial charge is 0.0656 e. The molecular weight excluding hydrogens is 296 g/mol. The van der Waals surface area contributed by atoms with Crippen molar-refractivity contribution in [1.82, 2.24) is 0 Å². The Balaban J connectivity index is 0.000000220. The van der Waals surface area contributed by atoms with E-state index in [0.717, 1.165) is 0 Å². The fraction of sp³-hybridized carbons (Fsp3) is 0.400. The van der Waals surface area contributed by atoms with Crippen LogP contribution in [0.5, 0.6) is 0 Å². The molecule has 120 valence electrons. The molecule has 0 saturated heterocycles. The van der Waals surface area contributed by atoms with Gasteiger partial charge in [0.05, 0.1) is 16.1 Å². The molecule has 0 saturated carbocycles. The lowest BCUT2D eigenvalue weighted by Crippen LogP contribution is -2.37. The van der Waals surface area contributed by atoms with Gasteiger partial charge in [0, 0.05) is 0 Å². The number of hydrogen-bond donors (Lipinski definition) is 0. The predicted molar refractivity (Wildman–Crippen MR) is 108 cm³/mol. The monoisotopic (exact) mass is 328 g/mol. The lowest BCUT2D eigenvalue weighted by molar-refractivity contribution is 1.48. The summed E-state index contributed by atoms with van der Waals surface area (Å²) >= 11 is 0. The first-order valence-electron chi connectivity index (χ1n) is 8.14. The van der Waals surface area contributed by atoms with Crippen LogP contribution in [0.15, 0.2) is 48.5 Å². The predicted octanol–water partition coefficient (Wildman–Crippen LogP) is 5.08. The van der Waals surface area contributed by atoms with Crippen LogP contribution in [0.4, 0.5) is 0 Å². The van der Waals surface area contributed by atoms with E-state index in [2.05, 4.69) is 102 Å². The van der Waals surface area contributed by atoms with Crippen molar-refractivity contribution in [3.8, 4) is 0 Å². The molecule has 0 nitrogen and oxygen atoms in total. The lowest BCUT2D eigenvalue weighted by atomic mass is 10.2. The molecule has 0 spiro atoms. The lowest BCUT2D eigenvalue weighted by Gasteiger charge is -2.16. The van der Waals surface area contributed by atoms with Gasteiger partial charge in [-0.15, -0.1) is 0 Å². The Labute approximate surface area is 139 Å². The van der Waals surface area contributed by atoms with Crippen LogP contribution in [-0.2, 0) is 0 Å². The topological polar surface area (TPSA) is 0 Å². The molecule has 2 rings (SSSR count). The molecule has 0 amide bonds. The first-order valence-corrected chi connectivity index (χ1v) is 15.1. The Kier molecular flexibility index (Phi) is 6.39. The number of aryl methyl sites for hydroxylation is 2. The molecule has 0 N–H and O–H groups in total. The van der Waals surface area contributed by atoms with Crippen LogP contribution >= 0.6 is 0 Å². The highest BCUT2D eigenvalue weighted by Crippen LogP contribution is 2.04. The molecule has 2 heteroatoms. The molecule has 0 bridgehead atoms. The van der Waals surface area contributed by atoms with Crippen LogP contribution in [0.1, 0.15) is 11.1 Å². The van der Waals surface area contributed by atoms with E-state index >= 15 is 0 Å². The highest BCUT2D eigenvalue weighted by atomic mass is 28.3. The summed E-state index contributed by atoms with van der Waals surface area (Å²) in [6, 6.07) is 17.8. The van der Waals surface area contributed by atoms with Crippen molar-refractivity contribution in [2.45, 2.75) is 53.1 Å². The third kappa shape index (κ3) is 6.33. The van der Waals surface area contributed by atoms with Gasteiger partial charge in [-0.2, -0.15) is 0 Å². The van der Waals surface area contributed by atoms with E-state index in [1.54, 1.807) is 10.4 Å². The summed E-state index contributed by atoms with van der Waals surface area (Å²) in [5.41, 5.74) is 2.73. The number of rotatable bonds is 2. The summed E-state index contributed by atoms with van der Waals surface area (Å²) in [5, 5.41) is 3.10. The van der Waals surface area contributed by atoms with Crippen molar-refractivity contribution in [3.05, 3.63) is 59.7 Å². The Hall–Kier alpha value is -1.13. The minimum Gasteiger partial charge on any atom is -0.0656 e. The Bertz CT molecular complexity index is 584. The fourth-order valence-electron chi connectivity index (χ4n) is 2.17. The van der Waals surface area contributed by atoms with Gasteiger partial charge in [0.15, 0.2) is 0 Å². The van der Waals surface area contributed by atoms with Gasteiger partial charge in [0.2, 0.25) is 0 Å². The van der Waals surface area contributed by atoms with Gasteiger partial charge in [0.1, 0.15) is 0 Å². The van der Waals surface area contributed by atoms with Gasteiger partial charge in [-0.05, 0) is 13.8 Å². The Morgan fingerprint density at radius 3 is 1.41 bits per heavy atom. The van der Waals surface area contributed by atoms with Crippen LogP contribution in [0.2, 0.25) is 39.3 Å². The average molecular weight is 329 g/mol. The SMILES string of the molecule is Cc1ccc([Si](C)(C)C)cc1.Cc1cccc([Si](C)(C)C)c1. The molecular formula is C20H32Si2. The zero-order valence-corrected chi connectivity index (χ0v) is 17.6. The largest absolute Gasteiger partial charge is 0.0776 e. The van der Waals surface area contributed by atoms with Crippen LogP contribution in [-0.4, -0.2) is 16.1 Å². The Morgan fingerprint density at radius 1 is 0.545 bits per heavy atom. The first-order chi connectivity index (χ1) is 10.00. The number of hydrogen-bond acceptors (Lipinski definition) is 0. The average Bonchev–Trinajstić information content (AvgIpc) is 2.38. The molecule has 0 fully saturated rings. The summed E-state index contributed by atoms with van der Waals surface area (Å²) in [7, 11) is -2.12. The van der Waals surface area contributed by atoms with Gasteiger partial charge in [0.25, 0.3) is 0 Å². The maximum atomic E-state index is 2.38. The van der Waals surface area contributed by atoms with E-state index in [-0.39, 0.29) is 0 Å². The van der Waals surface area contributed by atoms with Crippen molar-refractivity contribution in [2.24, 2.45) is 0 Å². The summed E-state index contributed by atoms with van der Waals surface area (Å²) in [4.78, 5) is 0. The van der Waals surface area contributed by atoms with Crippen LogP contribution in [0, 0.1) is 13.8 Å². The second-order valence-electron chi connectivity index (χ2n) is 8.24. The van der Waals surface area contributed by atoms with Crippen LogP contribution in [0.3, 0.4) is 0 Å². The molecule has 2 aromatic carbocycles. The van der Waals surface area contributed by atoms with E-state index in [9.17, 15) is 0 Å². The molecule has 0 unspecified atom stereocenters.